The highest BCUT2D eigenvalue weighted by molar-refractivity contribution is 5.72. The van der Waals surface area contributed by atoms with Gasteiger partial charge in [-0.05, 0) is 17.7 Å². The molecular formula is C17H19NO3. The molecule has 0 aromatic heterocycles. The van der Waals surface area contributed by atoms with E-state index >= 15 is 0 Å². The van der Waals surface area contributed by atoms with Crippen molar-refractivity contribution in [2.45, 2.75) is 13.5 Å². The Hall–Kier alpha value is -2.49. The van der Waals surface area contributed by atoms with E-state index in [2.05, 4.69) is 5.32 Å². The molecule has 0 saturated carbocycles. The number of carbonyl (C=O) groups is 1. The van der Waals surface area contributed by atoms with Crippen LogP contribution in [0.2, 0.25) is 0 Å². The Balaban J connectivity index is 1.89. The fraction of sp³-hybridized carbons (Fsp3) is 0.235. The fourth-order valence-corrected chi connectivity index (χ4v) is 1.81. The van der Waals surface area contributed by atoms with E-state index in [0.29, 0.717) is 31.3 Å². The summed E-state index contributed by atoms with van der Waals surface area (Å²) in [5.41, 5.74) is 1.10. The molecule has 0 spiro atoms. The standard InChI is InChI=1S/C17H19NO3/c1-14(19)18-11-12-20-16-9-5-6-10-17(16)21-13-15-7-3-2-4-8-15/h2-10H,11-13H2,1H3,(H,18,19). The normalized spacial score (nSPS) is 9.95. The summed E-state index contributed by atoms with van der Waals surface area (Å²) < 4.78 is 11.4. The van der Waals surface area contributed by atoms with Crippen molar-refractivity contribution in [3.05, 3.63) is 60.2 Å². The van der Waals surface area contributed by atoms with Gasteiger partial charge in [-0.1, -0.05) is 42.5 Å². The molecule has 0 bridgehead atoms. The summed E-state index contributed by atoms with van der Waals surface area (Å²) in [6.45, 7) is 2.86. The molecule has 1 N–H and O–H groups in total. The predicted octanol–water partition coefficient (Wildman–Crippen LogP) is 2.78. The summed E-state index contributed by atoms with van der Waals surface area (Å²) >= 11 is 0. The van der Waals surface area contributed by atoms with Gasteiger partial charge in [0, 0.05) is 6.92 Å². The minimum atomic E-state index is -0.0628. The number of benzene rings is 2. The average molecular weight is 285 g/mol. The fourth-order valence-electron chi connectivity index (χ4n) is 1.81. The molecule has 0 radical (unpaired) electrons. The van der Waals surface area contributed by atoms with Crippen molar-refractivity contribution in [1.82, 2.24) is 5.32 Å². The molecule has 0 saturated heterocycles. The second-order valence-corrected chi connectivity index (χ2v) is 4.55. The molecule has 4 nitrogen and oxygen atoms in total. The van der Waals surface area contributed by atoms with Crippen LogP contribution >= 0.6 is 0 Å². The van der Waals surface area contributed by atoms with Gasteiger partial charge in [0.2, 0.25) is 5.91 Å². The van der Waals surface area contributed by atoms with Crippen molar-refractivity contribution in [2.75, 3.05) is 13.2 Å². The van der Waals surface area contributed by atoms with Crippen molar-refractivity contribution in [2.24, 2.45) is 0 Å². The van der Waals surface area contributed by atoms with E-state index < -0.39 is 0 Å². The first-order chi connectivity index (χ1) is 10.3. The van der Waals surface area contributed by atoms with Gasteiger partial charge in [0.15, 0.2) is 11.5 Å². The number of ether oxygens (including phenoxy) is 2. The van der Waals surface area contributed by atoms with Crippen LogP contribution in [0.1, 0.15) is 12.5 Å². The van der Waals surface area contributed by atoms with Gasteiger partial charge in [-0.15, -0.1) is 0 Å². The van der Waals surface area contributed by atoms with E-state index in [1.165, 1.54) is 6.92 Å². The molecule has 1 amide bonds. The largest absolute Gasteiger partial charge is 0.488 e. The average Bonchev–Trinajstić information content (AvgIpc) is 2.51. The molecule has 2 rings (SSSR count). The van der Waals surface area contributed by atoms with E-state index in [0.717, 1.165) is 5.56 Å². The van der Waals surface area contributed by atoms with Gasteiger partial charge in [0.1, 0.15) is 13.2 Å². The topological polar surface area (TPSA) is 47.6 Å². The summed E-state index contributed by atoms with van der Waals surface area (Å²) in [5, 5.41) is 2.69. The maximum absolute atomic E-state index is 10.8. The maximum Gasteiger partial charge on any atom is 0.216 e. The minimum absolute atomic E-state index is 0.0628. The van der Waals surface area contributed by atoms with Gasteiger partial charge in [-0.3, -0.25) is 4.79 Å². The van der Waals surface area contributed by atoms with Crippen molar-refractivity contribution in [1.29, 1.82) is 0 Å². The molecule has 0 aliphatic heterocycles. The SMILES string of the molecule is CC(=O)NCCOc1ccccc1OCc1ccccc1. The van der Waals surface area contributed by atoms with Crippen molar-refractivity contribution >= 4 is 5.91 Å². The zero-order valence-electron chi connectivity index (χ0n) is 12.0. The first kappa shape index (κ1) is 14.9. The molecule has 0 aliphatic carbocycles. The Labute approximate surface area is 124 Å². The van der Waals surface area contributed by atoms with Crippen LogP contribution in [0, 0.1) is 0 Å². The Morgan fingerprint density at radius 2 is 1.57 bits per heavy atom. The summed E-state index contributed by atoms with van der Waals surface area (Å²) in [6.07, 6.45) is 0. The third-order valence-electron chi connectivity index (χ3n) is 2.82. The third-order valence-corrected chi connectivity index (χ3v) is 2.82. The number of amides is 1. The highest BCUT2D eigenvalue weighted by Gasteiger charge is 2.04. The number of hydrogen-bond donors (Lipinski definition) is 1. The van der Waals surface area contributed by atoms with Gasteiger partial charge < -0.3 is 14.8 Å². The molecule has 2 aromatic carbocycles. The second kappa shape index (κ2) is 7.94. The lowest BCUT2D eigenvalue weighted by atomic mass is 10.2. The highest BCUT2D eigenvalue weighted by Crippen LogP contribution is 2.27. The van der Waals surface area contributed by atoms with Gasteiger partial charge in [0.05, 0.1) is 6.54 Å². The Bertz CT molecular complexity index is 569. The molecule has 4 heteroatoms. The Kier molecular flexibility index (Phi) is 5.64. The van der Waals surface area contributed by atoms with Crippen LogP contribution < -0.4 is 14.8 Å². The lowest BCUT2D eigenvalue weighted by molar-refractivity contribution is -0.119. The van der Waals surface area contributed by atoms with E-state index in [9.17, 15) is 4.79 Å². The van der Waals surface area contributed by atoms with Gasteiger partial charge in [-0.25, -0.2) is 0 Å². The van der Waals surface area contributed by atoms with E-state index in [1.54, 1.807) is 0 Å². The van der Waals surface area contributed by atoms with Crippen LogP contribution in [0.5, 0.6) is 11.5 Å². The summed E-state index contributed by atoms with van der Waals surface area (Å²) in [6, 6.07) is 17.5. The molecule has 0 atom stereocenters. The van der Waals surface area contributed by atoms with Gasteiger partial charge >= 0.3 is 0 Å². The molecule has 0 fully saturated rings. The summed E-state index contributed by atoms with van der Waals surface area (Å²) in [4.78, 5) is 10.8. The van der Waals surface area contributed by atoms with E-state index in [1.807, 2.05) is 54.6 Å². The zero-order chi connectivity index (χ0) is 14.9. The second-order valence-electron chi connectivity index (χ2n) is 4.55. The molecule has 0 heterocycles. The van der Waals surface area contributed by atoms with E-state index in [4.69, 9.17) is 9.47 Å². The lowest BCUT2D eigenvalue weighted by Crippen LogP contribution is -2.25. The van der Waals surface area contributed by atoms with E-state index in [-0.39, 0.29) is 5.91 Å². The van der Waals surface area contributed by atoms with Crippen molar-refractivity contribution in [3.63, 3.8) is 0 Å². The Morgan fingerprint density at radius 3 is 2.24 bits per heavy atom. The van der Waals surface area contributed by atoms with Gasteiger partial charge in [-0.2, -0.15) is 0 Å². The van der Waals surface area contributed by atoms with Crippen LogP contribution in [0.15, 0.2) is 54.6 Å². The number of rotatable bonds is 7. The van der Waals surface area contributed by atoms with Crippen molar-refractivity contribution < 1.29 is 14.3 Å². The van der Waals surface area contributed by atoms with Crippen LogP contribution in [0.3, 0.4) is 0 Å². The number of carbonyl (C=O) groups excluding carboxylic acids is 1. The summed E-state index contributed by atoms with van der Waals surface area (Å²) in [7, 11) is 0. The van der Waals surface area contributed by atoms with Gasteiger partial charge in [0.25, 0.3) is 0 Å². The molecule has 0 unspecified atom stereocenters. The number of nitrogens with one attached hydrogen (secondary N) is 1. The Morgan fingerprint density at radius 1 is 0.952 bits per heavy atom. The predicted molar refractivity (Wildman–Crippen MR) is 81.4 cm³/mol. The smallest absolute Gasteiger partial charge is 0.216 e. The van der Waals surface area contributed by atoms with Crippen LogP contribution in [-0.4, -0.2) is 19.1 Å². The first-order valence-corrected chi connectivity index (χ1v) is 6.88. The van der Waals surface area contributed by atoms with Crippen LogP contribution in [0.25, 0.3) is 0 Å². The lowest BCUT2D eigenvalue weighted by Gasteiger charge is -2.12. The minimum Gasteiger partial charge on any atom is -0.488 e. The highest BCUT2D eigenvalue weighted by atomic mass is 16.5. The maximum atomic E-state index is 10.8. The summed E-state index contributed by atoms with van der Waals surface area (Å²) in [5.74, 6) is 1.31. The third kappa shape index (κ3) is 5.18. The molecule has 0 aliphatic rings. The molecule has 21 heavy (non-hydrogen) atoms. The zero-order valence-corrected chi connectivity index (χ0v) is 12.0. The quantitative estimate of drug-likeness (QED) is 0.796. The van der Waals surface area contributed by atoms with Crippen LogP contribution in [0.4, 0.5) is 0 Å². The molecule has 110 valence electrons. The molecular weight excluding hydrogens is 266 g/mol. The molecule has 2 aromatic rings. The van der Waals surface area contributed by atoms with Crippen molar-refractivity contribution in [3.8, 4) is 11.5 Å². The first-order valence-electron chi connectivity index (χ1n) is 6.88. The van der Waals surface area contributed by atoms with Crippen LogP contribution in [-0.2, 0) is 11.4 Å². The number of hydrogen-bond acceptors (Lipinski definition) is 3. The number of para-hydroxylation sites is 2. The monoisotopic (exact) mass is 285 g/mol.